The molecule has 0 unspecified atom stereocenters. The molecule has 2 saturated heterocycles. The highest BCUT2D eigenvalue weighted by Gasteiger charge is 3.03. The summed E-state index contributed by atoms with van der Waals surface area (Å²) >= 11 is 0. The van der Waals surface area contributed by atoms with Crippen molar-refractivity contribution in [2.24, 2.45) is 5.41 Å². The molecule has 2 fully saturated rings. The summed E-state index contributed by atoms with van der Waals surface area (Å²) in [5.41, 5.74) is -7.60. The quantitative estimate of drug-likeness (QED) is 0.457. The van der Waals surface area contributed by atoms with E-state index in [0.717, 1.165) is 0 Å². The molecule has 2 aliphatic rings. The lowest BCUT2D eigenvalue weighted by molar-refractivity contribution is -0.710. The zero-order valence-electron chi connectivity index (χ0n) is 14.5. The van der Waals surface area contributed by atoms with Gasteiger partial charge in [-0.3, -0.25) is 18.9 Å². The molecule has 0 radical (unpaired) electrons. The normalized spacial score (nSPS) is 38.4. The molecule has 33 heavy (non-hydrogen) atoms. The van der Waals surface area contributed by atoms with E-state index in [9.17, 15) is 74.6 Å². The molecule has 0 bridgehead atoms. The molecule has 2 rings (SSSR count). The van der Waals surface area contributed by atoms with Gasteiger partial charge in [0.2, 0.25) is 0 Å². The van der Waals surface area contributed by atoms with Gasteiger partial charge in [-0.25, -0.2) is 0 Å². The number of ether oxygens (including phenoxy) is 5. The Morgan fingerprint density at radius 2 is 0.818 bits per heavy atom. The zero-order valence-corrected chi connectivity index (χ0v) is 14.5. The van der Waals surface area contributed by atoms with Crippen molar-refractivity contribution in [3.63, 3.8) is 0 Å². The van der Waals surface area contributed by atoms with Gasteiger partial charge >= 0.3 is 60.1 Å². The summed E-state index contributed by atoms with van der Waals surface area (Å²) in [4.78, 5) is 0. The largest absolute Gasteiger partial charge is 0.478 e. The zero-order chi connectivity index (χ0) is 26.5. The molecule has 0 aliphatic carbocycles. The van der Waals surface area contributed by atoms with E-state index in [1.165, 1.54) is 0 Å². The fourth-order valence-electron chi connectivity index (χ4n) is 2.70. The van der Waals surface area contributed by atoms with E-state index < -0.39 is 67.2 Å². The van der Waals surface area contributed by atoms with Gasteiger partial charge in [-0.05, 0) is 0 Å². The highest BCUT2D eigenvalue weighted by molar-refractivity contribution is 5.13. The summed E-state index contributed by atoms with van der Waals surface area (Å²) in [5.74, 6) is -6.84. The Kier molecular flexibility index (Phi) is 5.60. The van der Waals surface area contributed by atoms with Crippen LogP contribution < -0.4 is 0 Å². The Bertz CT molecular complexity index is 747. The van der Waals surface area contributed by atoms with E-state index in [-0.39, 0.29) is 0 Å². The maximum Gasteiger partial charge on any atom is 0.478 e. The van der Waals surface area contributed by atoms with Crippen LogP contribution in [-0.4, -0.2) is 61.8 Å². The van der Waals surface area contributed by atoms with Crippen LogP contribution in [0.15, 0.2) is 0 Å². The van der Waals surface area contributed by atoms with Gasteiger partial charge in [-0.15, -0.1) is 0 Å². The first kappa shape index (κ1) is 27.9. The third kappa shape index (κ3) is 3.19. The summed E-state index contributed by atoms with van der Waals surface area (Å²) in [6, 6.07) is -6.83. The Hall–Kier alpha value is -1.39. The van der Waals surface area contributed by atoms with Gasteiger partial charge in [0.15, 0.2) is 0 Å². The molecule has 22 heteroatoms. The SMILES string of the molecule is COC(F)(F)C1(C(F)(F)F)OC(F)(F)C2(C(F)(F)OC(F)(C(F)(F)F)OC2(F)F)C(F)(F)O1. The molecule has 0 atom stereocenters. The first-order valence-corrected chi connectivity index (χ1v) is 7.21. The summed E-state index contributed by atoms with van der Waals surface area (Å²) < 4.78 is 241. The van der Waals surface area contributed by atoms with Crippen molar-refractivity contribution in [1.29, 1.82) is 0 Å². The fraction of sp³-hybridized carbons (Fsp3) is 1.00. The second-order valence-corrected chi connectivity index (χ2v) is 6.09. The van der Waals surface area contributed by atoms with Crippen LogP contribution in [0.5, 0.6) is 0 Å². The minimum Gasteiger partial charge on any atom is -0.319 e. The average molecular weight is 538 g/mol. The number of hydrogen-bond donors (Lipinski definition) is 0. The van der Waals surface area contributed by atoms with E-state index >= 15 is 0 Å². The molecule has 5 nitrogen and oxygen atoms in total. The summed E-state index contributed by atoms with van der Waals surface area (Å²) in [6.45, 7) is 0. The maximum atomic E-state index is 14.3. The molecule has 2 heterocycles. The summed E-state index contributed by atoms with van der Waals surface area (Å²) in [7, 11) is -0.488. The molecule has 1 spiro atoms. The summed E-state index contributed by atoms with van der Waals surface area (Å²) in [5, 5.41) is 0. The van der Waals surface area contributed by atoms with Gasteiger partial charge in [0.25, 0.3) is 0 Å². The Labute approximate surface area is 167 Å². The Morgan fingerprint density at radius 3 is 1.06 bits per heavy atom. The van der Waals surface area contributed by atoms with Crippen molar-refractivity contribution in [2.45, 2.75) is 54.7 Å². The predicted octanol–water partition coefficient (Wildman–Crippen LogP) is 5.12. The van der Waals surface area contributed by atoms with E-state index in [1.807, 2.05) is 9.47 Å². The summed E-state index contributed by atoms with van der Waals surface area (Å²) in [6.07, 6.45) is -51.7. The number of methoxy groups -OCH3 is 1. The average Bonchev–Trinajstić information content (AvgIpc) is 2.47. The van der Waals surface area contributed by atoms with Crippen molar-refractivity contribution < 1.29 is 98.3 Å². The topological polar surface area (TPSA) is 46.2 Å². The van der Waals surface area contributed by atoms with Crippen LogP contribution in [0.4, 0.5) is 74.6 Å². The van der Waals surface area contributed by atoms with Gasteiger partial charge in [0.1, 0.15) is 0 Å². The molecular weight excluding hydrogens is 535 g/mol. The van der Waals surface area contributed by atoms with Gasteiger partial charge in [0, 0.05) is 7.11 Å². The Balaban J connectivity index is 2.90. The minimum atomic E-state index is -7.70. The smallest absolute Gasteiger partial charge is 0.319 e. The van der Waals surface area contributed by atoms with Gasteiger partial charge in [-0.1, -0.05) is 0 Å². The molecule has 0 aromatic heterocycles. The number of hydrogen-bond acceptors (Lipinski definition) is 5. The number of alkyl halides is 17. The van der Waals surface area contributed by atoms with Crippen LogP contribution in [0.25, 0.3) is 0 Å². The number of rotatable bonds is 2. The molecule has 0 aromatic carbocycles. The maximum absolute atomic E-state index is 14.3. The standard InChI is InChI=1S/C11H3F17O5/c1-29-10(26,27)3(4(12,13)14)30-6(18,19)2(7(20,21)31-3)8(22,23)32-11(28,5(15,16)17)33-9(2,24)25/h1H3. The van der Waals surface area contributed by atoms with Crippen LogP contribution in [0.1, 0.15) is 0 Å². The van der Waals surface area contributed by atoms with Crippen LogP contribution in [-0.2, 0) is 23.7 Å². The van der Waals surface area contributed by atoms with E-state index in [1.54, 1.807) is 0 Å². The minimum absolute atomic E-state index is 0.488. The first-order chi connectivity index (χ1) is 14.1. The van der Waals surface area contributed by atoms with Crippen LogP contribution in [0.2, 0.25) is 0 Å². The van der Waals surface area contributed by atoms with Crippen molar-refractivity contribution in [2.75, 3.05) is 7.11 Å². The monoisotopic (exact) mass is 538 g/mol. The second kappa shape index (κ2) is 6.63. The lowest BCUT2D eigenvalue weighted by Crippen LogP contribution is -2.86. The number of halogens is 17. The van der Waals surface area contributed by atoms with Gasteiger partial charge < -0.3 is 4.74 Å². The highest BCUT2D eigenvalue weighted by Crippen LogP contribution is 2.75. The lowest BCUT2D eigenvalue weighted by Gasteiger charge is -2.59. The molecule has 0 amide bonds. The van der Waals surface area contributed by atoms with Crippen molar-refractivity contribution in [3.8, 4) is 0 Å². The lowest BCUT2D eigenvalue weighted by atomic mass is 9.79. The molecule has 0 saturated carbocycles. The molecule has 196 valence electrons. The third-order valence-electron chi connectivity index (χ3n) is 4.16. The van der Waals surface area contributed by atoms with Gasteiger partial charge in [0.05, 0.1) is 0 Å². The van der Waals surface area contributed by atoms with Crippen LogP contribution in [0, 0.1) is 5.41 Å². The van der Waals surface area contributed by atoms with E-state index in [2.05, 4.69) is 14.2 Å². The predicted molar refractivity (Wildman–Crippen MR) is 57.2 cm³/mol. The molecular formula is C11H3F17O5. The third-order valence-corrected chi connectivity index (χ3v) is 4.16. The van der Waals surface area contributed by atoms with E-state index in [4.69, 9.17) is 0 Å². The first-order valence-electron chi connectivity index (χ1n) is 7.21. The van der Waals surface area contributed by atoms with Crippen LogP contribution in [0.3, 0.4) is 0 Å². The van der Waals surface area contributed by atoms with Crippen molar-refractivity contribution in [3.05, 3.63) is 0 Å². The highest BCUT2D eigenvalue weighted by atomic mass is 19.4. The molecule has 2 aliphatic heterocycles. The van der Waals surface area contributed by atoms with Crippen LogP contribution >= 0.6 is 0 Å². The molecule has 0 N–H and O–H groups in total. The Morgan fingerprint density at radius 1 is 0.515 bits per heavy atom. The molecule has 0 aromatic rings. The second-order valence-electron chi connectivity index (χ2n) is 6.09. The fourth-order valence-corrected chi connectivity index (χ4v) is 2.70. The van der Waals surface area contributed by atoms with Crippen molar-refractivity contribution >= 4 is 0 Å². The van der Waals surface area contributed by atoms with E-state index in [0.29, 0.717) is 0 Å². The van der Waals surface area contributed by atoms with Crippen molar-refractivity contribution in [1.82, 2.24) is 0 Å². The van der Waals surface area contributed by atoms with Gasteiger partial charge in [-0.2, -0.15) is 74.6 Å².